The third-order valence-electron chi connectivity index (χ3n) is 5.71. The van der Waals surface area contributed by atoms with Gasteiger partial charge in [-0.05, 0) is 44.6 Å². The van der Waals surface area contributed by atoms with Gasteiger partial charge >= 0.3 is 5.97 Å². The molecular formula is C20H27NO4. The first-order valence-electron chi connectivity index (χ1n) is 9.23. The average Bonchev–Trinajstić information content (AvgIpc) is 3.05. The summed E-state index contributed by atoms with van der Waals surface area (Å²) in [6.45, 7) is 3.07. The topological polar surface area (TPSA) is 66.8 Å². The zero-order valence-corrected chi connectivity index (χ0v) is 14.8. The minimum absolute atomic E-state index is 0.121. The molecule has 2 heterocycles. The number of carbonyl (C=O) groups excluding carboxylic acids is 1. The molecule has 2 aliphatic rings. The van der Waals surface area contributed by atoms with E-state index in [1.807, 2.05) is 35.2 Å². The molecule has 2 saturated heterocycles. The summed E-state index contributed by atoms with van der Waals surface area (Å²) in [5, 5.41) is 9.82. The van der Waals surface area contributed by atoms with Gasteiger partial charge in [0.05, 0.1) is 17.6 Å². The van der Waals surface area contributed by atoms with Crippen LogP contribution in [0.15, 0.2) is 30.3 Å². The lowest BCUT2D eigenvalue weighted by Crippen LogP contribution is -2.49. The van der Waals surface area contributed by atoms with Crippen LogP contribution in [0.1, 0.15) is 51.0 Å². The van der Waals surface area contributed by atoms with Crippen molar-refractivity contribution in [2.24, 2.45) is 0 Å². The third-order valence-corrected chi connectivity index (χ3v) is 5.71. The number of carboxylic acids is 1. The first-order chi connectivity index (χ1) is 12.0. The number of carbonyl (C=O) groups is 2. The van der Waals surface area contributed by atoms with E-state index in [1.54, 1.807) is 0 Å². The zero-order chi connectivity index (χ0) is 17.9. The van der Waals surface area contributed by atoms with Gasteiger partial charge in [0, 0.05) is 19.5 Å². The molecule has 1 N–H and O–H groups in total. The first kappa shape index (κ1) is 17.9. The monoisotopic (exact) mass is 345 g/mol. The fourth-order valence-electron chi connectivity index (χ4n) is 4.06. The molecule has 3 rings (SSSR count). The Kier molecular flexibility index (Phi) is 5.42. The van der Waals surface area contributed by atoms with E-state index in [9.17, 15) is 14.7 Å². The van der Waals surface area contributed by atoms with Crippen LogP contribution < -0.4 is 0 Å². The smallest absolute Gasteiger partial charge is 0.314 e. The van der Waals surface area contributed by atoms with Crippen molar-refractivity contribution in [2.45, 2.75) is 63.1 Å². The standard InChI is InChI=1S/C20H27NO4/c1-15-7-8-17(25-15)9-10-18(22)21-13-11-20(12-14-21,19(23)24)16-5-3-2-4-6-16/h2-6,15,17H,7-14H2,1H3,(H,23,24). The Hall–Kier alpha value is -1.88. The van der Waals surface area contributed by atoms with Crippen molar-refractivity contribution >= 4 is 11.9 Å². The highest BCUT2D eigenvalue weighted by molar-refractivity contribution is 5.82. The molecule has 2 unspecified atom stereocenters. The number of rotatable bonds is 5. The Balaban J connectivity index is 1.56. The van der Waals surface area contributed by atoms with Crippen LogP contribution >= 0.6 is 0 Å². The fourth-order valence-corrected chi connectivity index (χ4v) is 4.06. The summed E-state index contributed by atoms with van der Waals surface area (Å²) in [6, 6.07) is 9.40. The van der Waals surface area contributed by atoms with Gasteiger partial charge in [0.1, 0.15) is 0 Å². The average molecular weight is 345 g/mol. The van der Waals surface area contributed by atoms with E-state index >= 15 is 0 Å². The number of piperidine rings is 1. The molecule has 0 aliphatic carbocycles. The SMILES string of the molecule is CC1CCC(CCC(=O)N2CCC(C(=O)O)(c3ccccc3)CC2)O1. The number of carboxylic acid groups (broad SMARTS) is 1. The maximum absolute atomic E-state index is 12.5. The minimum Gasteiger partial charge on any atom is -0.481 e. The van der Waals surface area contributed by atoms with E-state index in [2.05, 4.69) is 6.92 Å². The van der Waals surface area contributed by atoms with Crippen LogP contribution in [-0.2, 0) is 19.7 Å². The Labute approximate surface area is 149 Å². The second-order valence-electron chi connectivity index (χ2n) is 7.32. The second-order valence-corrected chi connectivity index (χ2v) is 7.32. The number of amides is 1. The fraction of sp³-hybridized carbons (Fsp3) is 0.600. The maximum Gasteiger partial charge on any atom is 0.314 e. The van der Waals surface area contributed by atoms with Gasteiger partial charge in [-0.15, -0.1) is 0 Å². The molecule has 1 aromatic rings. The van der Waals surface area contributed by atoms with E-state index in [4.69, 9.17) is 4.74 Å². The van der Waals surface area contributed by atoms with E-state index in [1.165, 1.54) is 0 Å². The van der Waals surface area contributed by atoms with Crippen LogP contribution in [0, 0.1) is 0 Å². The van der Waals surface area contributed by atoms with Crippen LogP contribution in [0.25, 0.3) is 0 Å². The molecule has 2 aliphatic heterocycles. The second kappa shape index (κ2) is 7.56. The molecule has 0 saturated carbocycles. The van der Waals surface area contributed by atoms with Crippen LogP contribution in [0.5, 0.6) is 0 Å². The molecule has 1 amide bonds. The molecule has 2 fully saturated rings. The molecule has 5 heteroatoms. The Morgan fingerprint density at radius 3 is 2.44 bits per heavy atom. The van der Waals surface area contributed by atoms with Gasteiger partial charge < -0.3 is 14.7 Å². The van der Waals surface area contributed by atoms with Crippen molar-refractivity contribution in [3.05, 3.63) is 35.9 Å². The first-order valence-corrected chi connectivity index (χ1v) is 9.23. The predicted octanol–water partition coefficient (Wildman–Crippen LogP) is 2.98. The van der Waals surface area contributed by atoms with Crippen molar-refractivity contribution in [1.29, 1.82) is 0 Å². The van der Waals surface area contributed by atoms with Gasteiger partial charge in [0.25, 0.3) is 0 Å². The number of ether oxygens (including phenoxy) is 1. The van der Waals surface area contributed by atoms with Gasteiger partial charge in [0.15, 0.2) is 0 Å². The number of likely N-dealkylation sites (tertiary alicyclic amines) is 1. The Morgan fingerprint density at radius 2 is 1.88 bits per heavy atom. The van der Waals surface area contributed by atoms with Gasteiger partial charge in [-0.2, -0.15) is 0 Å². The lowest BCUT2D eigenvalue weighted by atomic mass is 9.73. The highest BCUT2D eigenvalue weighted by atomic mass is 16.5. The summed E-state index contributed by atoms with van der Waals surface area (Å²) < 4.78 is 5.77. The Morgan fingerprint density at radius 1 is 1.20 bits per heavy atom. The van der Waals surface area contributed by atoms with Crippen molar-refractivity contribution in [3.63, 3.8) is 0 Å². The van der Waals surface area contributed by atoms with E-state index < -0.39 is 11.4 Å². The molecular weight excluding hydrogens is 318 g/mol. The lowest BCUT2D eigenvalue weighted by molar-refractivity contribution is -0.148. The van der Waals surface area contributed by atoms with Gasteiger partial charge in [-0.1, -0.05) is 30.3 Å². The van der Waals surface area contributed by atoms with Crippen molar-refractivity contribution in [2.75, 3.05) is 13.1 Å². The molecule has 0 bridgehead atoms. The van der Waals surface area contributed by atoms with E-state index in [0.29, 0.717) is 38.5 Å². The van der Waals surface area contributed by atoms with Crippen LogP contribution in [0.2, 0.25) is 0 Å². The predicted molar refractivity (Wildman–Crippen MR) is 94.4 cm³/mol. The van der Waals surface area contributed by atoms with Crippen LogP contribution in [0.3, 0.4) is 0 Å². The summed E-state index contributed by atoms with van der Waals surface area (Å²) in [4.78, 5) is 26.3. The van der Waals surface area contributed by atoms with Crippen molar-refractivity contribution < 1.29 is 19.4 Å². The number of hydrogen-bond donors (Lipinski definition) is 1. The summed E-state index contributed by atoms with van der Waals surface area (Å²) in [5.41, 5.74) is -0.0369. The highest BCUT2D eigenvalue weighted by Gasteiger charge is 2.43. The molecule has 1 aromatic carbocycles. The third kappa shape index (κ3) is 3.87. The molecule has 136 valence electrons. The quantitative estimate of drug-likeness (QED) is 0.891. The molecule has 2 atom stereocenters. The zero-order valence-electron chi connectivity index (χ0n) is 14.8. The molecule has 25 heavy (non-hydrogen) atoms. The molecule has 0 radical (unpaired) electrons. The summed E-state index contributed by atoms with van der Waals surface area (Å²) >= 11 is 0. The van der Waals surface area contributed by atoms with Gasteiger partial charge in [-0.25, -0.2) is 0 Å². The lowest BCUT2D eigenvalue weighted by Gasteiger charge is -2.39. The molecule has 0 aromatic heterocycles. The van der Waals surface area contributed by atoms with Gasteiger partial charge in [-0.3, -0.25) is 9.59 Å². The van der Waals surface area contributed by atoms with Crippen LogP contribution in [-0.4, -0.2) is 47.2 Å². The van der Waals surface area contributed by atoms with E-state index in [0.717, 1.165) is 24.8 Å². The number of hydrogen-bond acceptors (Lipinski definition) is 3. The van der Waals surface area contributed by atoms with E-state index in [-0.39, 0.29) is 12.0 Å². The van der Waals surface area contributed by atoms with Crippen LogP contribution in [0.4, 0.5) is 0 Å². The number of nitrogens with zero attached hydrogens (tertiary/aromatic N) is 1. The molecule has 5 nitrogen and oxygen atoms in total. The van der Waals surface area contributed by atoms with Crippen molar-refractivity contribution in [3.8, 4) is 0 Å². The highest BCUT2D eigenvalue weighted by Crippen LogP contribution is 2.36. The minimum atomic E-state index is -0.873. The molecule has 0 spiro atoms. The normalized spacial score (nSPS) is 25.7. The maximum atomic E-state index is 12.5. The summed E-state index contributed by atoms with van der Waals surface area (Å²) in [7, 11) is 0. The van der Waals surface area contributed by atoms with Crippen molar-refractivity contribution in [1.82, 2.24) is 4.90 Å². The van der Waals surface area contributed by atoms with Gasteiger partial charge in [0.2, 0.25) is 5.91 Å². The summed E-state index contributed by atoms with van der Waals surface area (Å²) in [5.74, 6) is -0.672. The largest absolute Gasteiger partial charge is 0.481 e. The number of benzene rings is 1. The summed E-state index contributed by atoms with van der Waals surface area (Å²) in [6.07, 6.45) is 4.80. The Bertz CT molecular complexity index is 607. The number of aliphatic carboxylic acids is 1.